The number of amides is 2. The minimum absolute atomic E-state index is 0.0464. The minimum atomic E-state index is -0.0948. The van der Waals surface area contributed by atoms with Gasteiger partial charge in [0.05, 0.1) is 17.0 Å². The maximum atomic E-state index is 12.4. The second-order valence-corrected chi connectivity index (χ2v) is 6.47. The Bertz CT molecular complexity index is 768. The van der Waals surface area contributed by atoms with Crippen LogP contribution in [0, 0.1) is 5.92 Å². The highest BCUT2D eigenvalue weighted by Gasteiger charge is 2.29. The fraction of sp³-hybridized carbons (Fsp3) is 0.526. The van der Waals surface area contributed by atoms with Crippen molar-refractivity contribution in [1.82, 2.24) is 19.8 Å². The van der Waals surface area contributed by atoms with Crippen LogP contribution in [0.25, 0.3) is 11.0 Å². The Balaban J connectivity index is 1.58. The van der Waals surface area contributed by atoms with Crippen molar-refractivity contribution in [3.8, 4) is 0 Å². The summed E-state index contributed by atoms with van der Waals surface area (Å²) in [7, 11) is 0. The summed E-state index contributed by atoms with van der Waals surface area (Å²) in [5.41, 5.74) is 2.13. The largest absolute Gasteiger partial charge is 0.355 e. The fourth-order valence-electron chi connectivity index (χ4n) is 3.55. The van der Waals surface area contributed by atoms with Gasteiger partial charge in [0, 0.05) is 39.0 Å². The van der Waals surface area contributed by atoms with Crippen LogP contribution in [0.4, 0.5) is 0 Å². The van der Waals surface area contributed by atoms with Gasteiger partial charge in [-0.25, -0.2) is 4.98 Å². The van der Waals surface area contributed by atoms with E-state index in [-0.39, 0.29) is 17.7 Å². The predicted molar refractivity (Wildman–Crippen MR) is 97.1 cm³/mol. The van der Waals surface area contributed by atoms with Crippen molar-refractivity contribution in [1.29, 1.82) is 0 Å². The van der Waals surface area contributed by atoms with E-state index in [4.69, 9.17) is 0 Å². The molecule has 1 aromatic carbocycles. The maximum Gasteiger partial charge on any atom is 0.224 e. The molecule has 1 N–H and O–H groups in total. The number of benzene rings is 1. The second kappa shape index (κ2) is 7.68. The van der Waals surface area contributed by atoms with Gasteiger partial charge in [-0.05, 0) is 32.4 Å². The van der Waals surface area contributed by atoms with Gasteiger partial charge in [0.15, 0.2) is 0 Å². The Morgan fingerprint density at radius 3 is 2.84 bits per heavy atom. The molecule has 1 aromatic heterocycles. The molecule has 6 heteroatoms. The Morgan fingerprint density at radius 2 is 2.08 bits per heavy atom. The molecule has 1 fully saturated rings. The van der Waals surface area contributed by atoms with Crippen molar-refractivity contribution < 1.29 is 9.59 Å². The van der Waals surface area contributed by atoms with Crippen LogP contribution in [0.2, 0.25) is 0 Å². The van der Waals surface area contributed by atoms with E-state index in [9.17, 15) is 9.59 Å². The maximum absolute atomic E-state index is 12.4. The zero-order valence-corrected chi connectivity index (χ0v) is 15.0. The fourth-order valence-corrected chi connectivity index (χ4v) is 3.55. The number of nitrogens with zero attached hydrogens (tertiary/aromatic N) is 3. The van der Waals surface area contributed by atoms with Gasteiger partial charge in [-0.15, -0.1) is 0 Å². The number of para-hydroxylation sites is 2. The first-order valence-electron chi connectivity index (χ1n) is 9.13. The van der Waals surface area contributed by atoms with Crippen LogP contribution < -0.4 is 5.32 Å². The Labute approximate surface area is 148 Å². The van der Waals surface area contributed by atoms with Crippen molar-refractivity contribution in [2.45, 2.75) is 39.7 Å². The van der Waals surface area contributed by atoms with Crippen LogP contribution in [0.1, 0.15) is 32.5 Å². The van der Waals surface area contributed by atoms with Gasteiger partial charge in [-0.1, -0.05) is 12.1 Å². The number of aryl methyl sites for hydroxylation is 1. The molecule has 3 rings (SSSR count). The number of likely N-dealkylation sites (tertiary alicyclic amines) is 1. The molecule has 25 heavy (non-hydrogen) atoms. The molecular weight excluding hydrogens is 316 g/mol. The van der Waals surface area contributed by atoms with Crippen molar-refractivity contribution >= 4 is 22.8 Å². The number of hydrogen-bond acceptors (Lipinski definition) is 3. The summed E-state index contributed by atoms with van der Waals surface area (Å²) in [6, 6.07) is 8.10. The van der Waals surface area contributed by atoms with Crippen LogP contribution in [0.5, 0.6) is 0 Å². The summed E-state index contributed by atoms with van der Waals surface area (Å²) in [4.78, 5) is 30.6. The molecule has 0 spiro atoms. The van der Waals surface area contributed by atoms with Crippen LogP contribution in [0.3, 0.4) is 0 Å². The van der Waals surface area contributed by atoms with Crippen LogP contribution in [0.15, 0.2) is 24.3 Å². The molecule has 2 aromatic rings. The highest BCUT2D eigenvalue weighted by molar-refractivity contribution is 5.83. The number of hydrogen-bond donors (Lipinski definition) is 1. The smallest absolute Gasteiger partial charge is 0.224 e. The number of carbonyl (C=O) groups excluding carboxylic acids is 2. The van der Waals surface area contributed by atoms with Crippen molar-refractivity contribution in [2.75, 3.05) is 19.6 Å². The third kappa shape index (κ3) is 3.67. The SMILES string of the molecule is CCN1C[C@@H](C(=O)NCCc2nc3ccccc3n2CC)CCC1=O. The molecule has 2 heterocycles. The van der Waals surface area contributed by atoms with E-state index in [0.717, 1.165) is 23.4 Å². The normalized spacial score (nSPS) is 17.9. The third-order valence-corrected chi connectivity index (χ3v) is 4.95. The van der Waals surface area contributed by atoms with E-state index in [0.29, 0.717) is 38.9 Å². The van der Waals surface area contributed by atoms with Gasteiger partial charge in [0.25, 0.3) is 0 Å². The Hall–Kier alpha value is -2.37. The van der Waals surface area contributed by atoms with Crippen LogP contribution in [-0.4, -0.2) is 45.9 Å². The molecule has 0 radical (unpaired) electrons. The van der Waals surface area contributed by atoms with Gasteiger partial charge in [0.2, 0.25) is 11.8 Å². The van der Waals surface area contributed by atoms with E-state index in [1.165, 1.54) is 0 Å². The number of piperidine rings is 1. The summed E-state index contributed by atoms with van der Waals surface area (Å²) >= 11 is 0. The summed E-state index contributed by atoms with van der Waals surface area (Å²) in [6.07, 6.45) is 1.82. The van der Waals surface area contributed by atoms with Crippen molar-refractivity contribution in [2.24, 2.45) is 5.92 Å². The third-order valence-electron chi connectivity index (χ3n) is 4.95. The molecule has 0 saturated carbocycles. The summed E-state index contributed by atoms with van der Waals surface area (Å²) < 4.78 is 2.19. The summed E-state index contributed by atoms with van der Waals surface area (Å²) in [6.45, 7) is 6.69. The molecule has 2 amide bonds. The molecule has 6 nitrogen and oxygen atoms in total. The van der Waals surface area contributed by atoms with Crippen molar-refractivity contribution in [3.05, 3.63) is 30.1 Å². The zero-order chi connectivity index (χ0) is 17.8. The molecule has 0 aliphatic carbocycles. The number of nitrogens with one attached hydrogen (secondary N) is 1. The number of fused-ring (bicyclic) bond motifs is 1. The Kier molecular flexibility index (Phi) is 5.36. The molecule has 0 unspecified atom stereocenters. The molecule has 1 saturated heterocycles. The first-order valence-corrected chi connectivity index (χ1v) is 9.13. The minimum Gasteiger partial charge on any atom is -0.355 e. The van der Waals surface area contributed by atoms with E-state index in [2.05, 4.69) is 27.9 Å². The number of aromatic nitrogens is 2. The lowest BCUT2D eigenvalue weighted by Gasteiger charge is -2.31. The monoisotopic (exact) mass is 342 g/mol. The highest BCUT2D eigenvalue weighted by atomic mass is 16.2. The van der Waals surface area contributed by atoms with Crippen LogP contribution in [-0.2, 0) is 22.6 Å². The predicted octanol–water partition coefficient (Wildman–Crippen LogP) is 1.97. The van der Waals surface area contributed by atoms with Gasteiger partial charge in [0.1, 0.15) is 5.82 Å². The average molecular weight is 342 g/mol. The molecule has 1 atom stereocenters. The average Bonchev–Trinajstić information content (AvgIpc) is 2.99. The summed E-state index contributed by atoms with van der Waals surface area (Å²) in [5, 5.41) is 3.03. The summed E-state index contributed by atoms with van der Waals surface area (Å²) in [5.74, 6) is 1.11. The molecular formula is C19H26N4O2. The lowest BCUT2D eigenvalue weighted by molar-refractivity contribution is -0.138. The first-order chi connectivity index (χ1) is 12.1. The van der Waals surface area contributed by atoms with Gasteiger partial charge in [-0.3, -0.25) is 9.59 Å². The molecule has 134 valence electrons. The lowest BCUT2D eigenvalue weighted by Crippen LogP contribution is -2.45. The standard InChI is InChI=1S/C19H26N4O2/c1-3-22-13-14(9-10-18(22)24)19(25)20-12-11-17-21-15-7-5-6-8-16(15)23(17)4-2/h5-8,14H,3-4,9-13H2,1-2H3,(H,20,25)/t14-/m0/s1. The van der Waals surface area contributed by atoms with E-state index < -0.39 is 0 Å². The number of carbonyl (C=O) groups is 2. The molecule has 1 aliphatic heterocycles. The topological polar surface area (TPSA) is 67.2 Å². The highest BCUT2D eigenvalue weighted by Crippen LogP contribution is 2.18. The number of rotatable bonds is 6. The first kappa shape index (κ1) is 17.5. The van der Waals surface area contributed by atoms with Crippen LogP contribution >= 0.6 is 0 Å². The lowest BCUT2D eigenvalue weighted by atomic mass is 9.96. The molecule has 0 bridgehead atoms. The number of imidazole rings is 1. The van der Waals surface area contributed by atoms with Gasteiger partial charge < -0.3 is 14.8 Å². The van der Waals surface area contributed by atoms with Gasteiger partial charge >= 0.3 is 0 Å². The Morgan fingerprint density at radius 1 is 1.28 bits per heavy atom. The zero-order valence-electron chi connectivity index (χ0n) is 15.0. The van der Waals surface area contributed by atoms with Crippen molar-refractivity contribution in [3.63, 3.8) is 0 Å². The second-order valence-electron chi connectivity index (χ2n) is 6.47. The van der Waals surface area contributed by atoms with E-state index >= 15 is 0 Å². The van der Waals surface area contributed by atoms with E-state index in [1.807, 2.05) is 25.1 Å². The van der Waals surface area contributed by atoms with Gasteiger partial charge in [-0.2, -0.15) is 0 Å². The van der Waals surface area contributed by atoms with E-state index in [1.54, 1.807) is 4.90 Å². The quantitative estimate of drug-likeness (QED) is 0.873. The molecule has 1 aliphatic rings.